The number of cyclic esters (lactones) is 1. The van der Waals surface area contributed by atoms with Gasteiger partial charge in [0.25, 0.3) is 0 Å². The summed E-state index contributed by atoms with van der Waals surface area (Å²) in [5, 5.41) is 0. The summed E-state index contributed by atoms with van der Waals surface area (Å²) in [6.45, 7) is 9.89. The Hall–Kier alpha value is -1.31. The van der Waals surface area contributed by atoms with E-state index in [4.69, 9.17) is 4.74 Å². The lowest BCUT2D eigenvalue weighted by Gasteiger charge is -2.06. The molecule has 1 aliphatic rings. The fourth-order valence-corrected chi connectivity index (χ4v) is 1.69. The number of esters is 1. The minimum Gasteiger partial charge on any atom is -0.454 e. The molecule has 0 radical (unpaired) electrons. The number of rotatable bonds is 5. The molecule has 2 nitrogen and oxygen atoms in total. The molecule has 88 valence electrons. The topological polar surface area (TPSA) is 26.3 Å². The lowest BCUT2D eigenvalue weighted by atomic mass is 10.1. The molecule has 0 saturated heterocycles. The van der Waals surface area contributed by atoms with Gasteiger partial charge in [0.15, 0.2) is 0 Å². The molecule has 0 fully saturated rings. The first-order chi connectivity index (χ1) is 7.49. The summed E-state index contributed by atoms with van der Waals surface area (Å²) < 4.78 is 5.23. The van der Waals surface area contributed by atoms with Crippen LogP contribution in [0.2, 0.25) is 0 Å². The third-order valence-corrected chi connectivity index (χ3v) is 2.42. The molecule has 0 unspecified atom stereocenters. The van der Waals surface area contributed by atoms with Crippen LogP contribution in [0.1, 0.15) is 40.0 Å². The predicted octanol–water partition coefficient (Wildman–Crippen LogP) is 3.55. The maximum absolute atomic E-state index is 11.5. The average molecular weight is 220 g/mol. The van der Waals surface area contributed by atoms with Crippen molar-refractivity contribution < 1.29 is 9.53 Å². The van der Waals surface area contributed by atoms with Crippen molar-refractivity contribution in [1.82, 2.24) is 0 Å². The first kappa shape index (κ1) is 12.8. The average Bonchev–Trinajstić information content (AvgIpc) is 2.45. The fraction of sp³-hybridized carbons (Fsp3) is 0.500. The Kier molecular flexibility index (Phi) is 4.53. The van der Waals surface area contributed by atoms with E-state index < -0.39 is 0 Å². The minimum absolute atomic E-state index is 0.0910. The van der Waals surface area contributed by atoms with Crippen LogP contribution < -0.4 is 0 Å². The van der Waals surface area contributed by atoms with E-state index in [9.17, 15) is 4.79 Å². The van der Waals surface area contributed by atoms with Gasteiger partial charge < -0.3 is 4.74 Å². The van der Waals surface area contributed by atoms with Crippen LogP contribution in [-0.4, -0.2) is 12.1 Å². The Labute approximate surface area is 97.7 Å². The van der Waals surface area contributed by atoms with Gasteiger partial charge in [-0.1, -0.05) is 23.8 Å². The van der Waals surface area contributed by atoms with Gasteiger partial charge >= 0.3 is 5.97 Å². The number of allylic oxidation sites excluding steroid dienone is 2. The van der Waals surface area contributed by atoms with Crippen LogP contribution in [0.15, 0.2) is 35.5 Å². The second kappa shape index (κ2) is 5.69. The van der Waals surface area contributed by atoms with E-state index in [1.165, 1.54) is 5.57 Å². The Morgan fingerprint density at radius 3 is 2.75 bits per heavy atom. The van der Waals surface area contributed by atoms with Crippen LogP contribution in [0.25, 0.3) is 0 Å². The summed E-state index contributed by atoms with van der Waals surface area (Å²) in [6.07, 6.45) is 6.40. The summed E-state index contributed by atoms with van der Waals surface area (Å²) in [5.41, 5.74) is 3.13. The number of carbonyl (C=O) groups is 1. The molecule has 0 aromatic rings. The van der Waals surface area contributed by atoms with Gasteiger partial charge in [0.05, 0.1) is 0 Å². The second-order valence-corrected chi connectivity index (χ2v) is 4.62. The van der Waals surface area contributed by atoms with Crippen molar-refractivity contribution in [3.63, 3.8) is 0 Å². The molecule has 0 amide bonds. The highest BCUT2D eigenvalue weighted by Crippen LogP contribution is 2.22. The van der Waals surface area contributed by atoms with Crippen molar-refractivity contribution in [1.29, 1.82) is 0 Å². The quantitative estimate of drug-likeness (QED) is 0.523. The molecule has 16 heavy (non-hydrogen) atoms. The van der Waals surface area contributed by atoms with Gasteiger partial charge in [-0.05, 0) is 39.7 Å². The number of ether oxygens (including phenoxy) is 1. The summed E-state index contributed by atoms with van der Waals surface area (Å²) in [5.74, 6) is -0.159. The van der Waals surface area contributed by atoms with Gasteiger partial charge in [0.2, 0.25) is 0 Å². The van der Waals surface area contributed by atoms with E-state index in [2.05, 4.69) is 26.5 Å². The van der Waals surface area contributed by atoms with Crippen molar-refractivity contribution in [2.45, 2.75) is 46.1 Å². The Morgan fingerprint density at radius 1 is 1.50 bits per heavy atom. The van der Waals surface area contributed by atoms with E-state index in [1.807, 2.05) is 13.0 Å². The highest BCUT2D eigenvalue weighted by atomic mass is 16.5. The molecule has 0 spiro atoms. The zero-order chi connectivity index (χ0) is 12.1. The molecular formula is C14H20O2. The fourth-order valence-electron chi connectivity index (χ4n) is 1.69. The molecule has 2 heteroatoms. The highest BCUT2D eigenvalue weighted by molar-refractivity contribution is 5.90. The lowest BCUT2D eigenvalue weighted by Crippen LogP contribution is -2.08. The summed E-state index contributed by atoms with van der Waals surface area (Å²) >= 11 is 0. The molecule has 1 aliphatic heterocycles. The van der Waals surface area contributed by atoms with Gasteiger partial charge in [0, 0.05) is 12.0 Å². The molecule has 1 heterocycles. The summed E-state index contributed by atoms with van der Waals surface area (Å²) in [4.78, 5) is 11.5. The van der Waals surface area contributed by atoms with Crippen LogP contribution in [0.3, 0.4) is 0 Å². The van der Waals surface area contributed by atoms with E-state index in [1.54, 1.807) is 0 Å². The Balaban J connectivity index is 2.49. The molecule has 0 aromatic heterocycles. The van der Waals surface area contributed by atoms with Crippen molar-refractivity contribution in [2.24, 2.45) is 0 Å². The molecule has 0 saturated carbocycles. The number of carbonyl (C=O) groups excluding carboxylic acids is 1. The summed E-state index contributed by atoms with van der Waals surface area (Å²) in [6, 6.07) is 0. The largest absolute Gasteiger partial charge is 0.454 e. The van der Waals surface area contributed by atoms with E-state index in [-0.39, 0.29) is 12.1 Å². The smallest absolute Gasteiger partial charge is 0.334 e. The normalized spacial score (nSPS) is 19.1. The molecule has 0 aromatic carbocycles. The van der Waals surface area contributed by atoms with Crippen molar-refractivity contribution in [3.8, 4) is 0 Å². The Morgan fingerprint density at radius 2 is 2.19 bits per heavy atom. The Bertz CT molecular complexity index is 344. The van der Waals surface area contributed by atoms with E-state index in [0.29, 0.717) is 0 Å². The maximum Gasteiger partial charge on any atom is 0.334 e. The molecule has 1 atom stereocenters. The van der Waals surface area contributed by atoms with E-state index in [0.717, 1.165) is 30.4 Å². The molecule has 0 N–H and O–H groups in total. The zero-order valence-electron chi connectivity index (χ0n) is 10.4. The minimum atomic E-state index is -0.159. The monoisotopic (exact) mass is 220 g/mol. The molecule has 1 rings (SSSR count). The molecular weight excluding hydrogens is 200 g/mol. The SMILES string of the molecule is C=C(C)C[C@@H]1C=C(CCC=C(C)C)C(=O)O1. The maximum atomic E-state index is 11.5. The molecule has 0 aliphatic carbocycles. The first-order valence-corrected chi connectivity index (χ1v) is 5.68. The third kappa shape index (κ3) is 4.05. The third-order valence-electron chi connectivity index (χ3n) is 2.42. The predicted molar refractivity (Wildman–Crippen MR) is 66.1 cm³/mol. The van der Waals surface area contributed by atoms with Gasteiger partial charge in [0.1, 0.15) is 6.10 Å². The van der Waals surface area contributed by atoms with Crippen molar-refractivity contribution >= 4 is 5.97 Å². The van der Waals surface area contributed by atoms with Gasteiger partial charge in [-0.2, -0.15) is 0 Å². The number of hydrogen-bond donors (Lipinski definition) is 0. The van der Waals surface area contributed by atoms with Crippen LogP contribution in [0.4, 0.5) is 0 Å². The van der Waals surface area contributed by atoms with Gasteiger partial charge in [-0.15, -0.1) is 0 Å². The second-order valence-electron chi connectivity index (χ2n) is 4.62. The summed E-state index contributed by atoms with van der Waals surface area (Å²) in [7, 11) is 0. The molecule has 0 bridgehead atoms. The van der Waals surface area contributed by atoms with Crippen molar-refractivity contribution in [3.05, 3.63) is 35.5 Å². The number of hydrogen-bond acceptors (Lipinski definition) is 2. The highest BCUT2D eigenvalue weighted by Gasteiger charge is 2.24. The van der Waals surface area contributed by atoms with Crippen LogP contribution in [-0.2, 0) is 9.53 Å². The standard InChI is InChI=1S/C14H20O2/c1-10(2)6-5-7-12-9-13(8-11(3)4)16-14(12)15/h6,9,13H,3,5,7-8H2,1-2,4H3/t13-/m1/s1. The van der Waals surface area contributed by atoms with Crippen LogP contribution in [0.5, 0.6) is 0 Å². The lowest BCUT2D eigenvalue weighted by molar-refractivity contribution is -0.139. The zero-order valence-corrected chi connectivity index (χ0v) is 10.4. The van der Waals surface area contributed by atoms with Crippen LogP contribution in [0, 0.1) is 0 Å². The first-order valence-electron chi connectivity index (χ1n) is 5.68. The van der Waals surface area contributed by atoms with E-state index >= 15 is 0 Å². The van der Waals surface area contributed by atoms with Gasteiger partial charge in [-0.3, -0.25) is 0 Å². The van der Waals surface area contributed by atoms with Crippen molar-refractivity contribution in [2.75, 3.05) is 0 Å². The van der Waals surface area contributed by atoms with Gasteiger partial charge in [-0.25, -0.2) is 4.79 Å². The van der Waals surface area contributed by atoms with Crippen LogP contribution >= 0.6 is 0 Å².